The Balaban J connectivity index is 2.24. The van der Waals surface area contributed by atoms with Crippen LogP contribution in [0, 0.1) is 13.8 Å². The number of rotatable bonds is 2. The molecule has 0 saturated carbocycles. The Labute approximate surface area is 87.2 Å². The van der Waals surface area contributed by atoms with E-state index < -0.39 is 0 Å². The van der Waals surface area contributed by atoms with Crippen molar-refractivity contribution in [1.29, 1.82) is 0 Å². The van der Waals surface area contributed by atoms with E-state index in [0.717, 1.165) is 17.2 Å². The lowest BCUT2D eigenvalue weighted by molar-refractivity contribution is 0.651. The van der Waals surface area contributed by atoms with Crippen molar-refractivity contribution in [2.24, 2.45) is 0 Å². The van der Waals surface area contributed by atoms with Crippen LogP contribution in [0.15, 0.2) is 12.4 Å². The number of nitrogen functional groups attached to an aromatic ring is 1. The van der Waals surface area contributed by atoms with Crippen LogP contribution in [-0.4, -0.2) is 24.7 Å². The lowest BCUT2D eigenvalue weighted by atomic mass is 10.3. The highest BCUT2D eigenvalue weighted by Gasteiger charge is 2.02. The largest absolute Gasteiger partial charge is 0.367 e. The lowest BCUT2D eigenvalue weighted by Gasteiger charge is -2.02. The van der Waals surface area contributed by atoms with Crippen LogP contribution >= 0.6 is 0 Å². The first kappa shape index (κ1) is 9.57. The number of nitrogens with zero attached hydrogens (tertiary/aromatic N) is 5. The van der Waals surface area contributed by atoms with Crippen molar-refractivity contribution in [3.05, 3.63) is 29.6 Å². The molecule has 0 spiro atoms. The standard InChI is InChI=1S/C9H12N6/c1-6-3-7(2)13-8(12-6)4-15-5-11-9(10)14-15/h3,5H,4H2,1-2H3,(H2,10,14). The molecule has 0 saturated heterocycles. The third kappa shape index (κ3) is 2.28. The van der Waals surface area contributed by atoms with Crippen molar-refractivity contribution in [1.82, 2.24) is 24.7 Å². The van der Waals surface area contributed by atoms with Gasteiger partial charge in [0.15, 0.2) is 0 Å². The maximum atomic E-state index is 5.41. The third-order valence-electron chi connectivity index (χ3n) is 1.89. The van der Waals surface area contributed by atoms with E-state index in [1.165, 1.54) is 0 Å². The summed E-state index contributed by atoms with van der Waals surface area (Å²) in [6.45, 7) is 4.37. The van der Waals surface area contributed by atoms with Crippen molar-refractivity contribution in [2.45, 2.75) is 20.4 Å². The molecule has 78 valence electrons. The predicted molar refractivity (Wildman–Crippen MR) is 55.0 cm³/mol. The van der Waals surface area contributed by atoms with Crippen LogP contribution in [-0.2, 0) is 6.54 Å². The van der Waals surface area contributed by atoms with Gasteiger partial charge in [0.25, 0.3) is 0 Å². The summed E-state index contributed by atoms with van der Waals surface area (Å²) in [7, 11) is 0. The Kier molecular flexibility index (Phi) is 2.32. The summed E-state index contributed by atoms with van der Waals surface area (Å²) in [5.41, 5.74) is 7.31. The molecular formula is C9H12N6. The van der Waals surface area contributed by atoms with Crippen molar-refractivity contribution in [2.75, 3.05) is 5.73 Å². The molecule has 2 heterocycles. The summed E-state index contributed by atoms with van der Waals surface area (Å²) in [4.78, 5) is 12.4. The van der Waals surface area contributed by atoms with E-state index in [0.29, 0.717) is 6.54 Å². The number of anilines is 1. The van der Waals surface area contributed by atoms with Crippen LogP contribution in [0.2, 0.25) is 0 Å². The summed E-state index contributed by atoms with van der Waals surface area (Å²) < 4.78 is 1.61. The molecule has 2 aromatic heterocycles. The van der Waals surface area contributed by atoms with Crippen molar-refractivity contribution >= 4 is 5.95 Å². The van der Waals surface area contributed by atoms with Gasteiger partial charge in [-0.1, -0.05) is 0 Å². The molecule has 2 aromatic rings. The van der Waals surface area contributed by atoms with E-state index in [1.807, 2.05) is 19.9 Å². The Morgan fingerprint density at radius 3 is 2.47 bits per heavy atom. The zero-order chi connectivity index (χ0) is 10.8. The highest BCUT2D eigenvalue weighted by atomic mass is 15.4. The minimum Gasteiger partial charge on any atom is -0.367 e. The van der Waals surface area contributed by atoms with E-state index in [9.17, 15) is 0 Å². The molecule has 0 atom stereocenters. The van der Waals surface area contributed by atoms with Crippen LogP contribution in [0.1, 0.15) is 17.2 Å². The SMILES string of the molecule is Cc1cc(C)nc(Cn2cnc(N)n2)n1. The zero-order valence-electron chi connectivity index (χ0n) is 8.68. The van der Waals surface area contributed by atoms with Crippen molar-refractivity contribution in [3.63, 3.8) is 0 Å². The molecule has 2 rings (SSSR count). The highest BCUT2D eigenvalue weighted by molar-refractivity contribution is 5.11. The molecule has 0 aliphatic rings. The van der Waals surface area contributed by atoms with Gasteiger partial charge >= 0.3 is 0 Å². The summed E-state index contributed by atoms with van der Waals surface area (Å²) in [5, 5.41) is 3.97. The van der Waals surface area contributed by atoms with E-state index in [1.54, 1.807) is 11.0 Å². The van der Waals surface area contributed by atoms with Crippen molar-refractivity contribution < 1.29 is 0 Å². The zero-order valence-corrected chi connectivity index (χ0v) is 8.68. The molecule has 6 nitrogen and oxygen atoms in total. The summed E-state index contributed by atoms with van der Waals surface area (Å²) >= 11 is 0. The molecule has 0 unspecified atom stereocenters. The van der Waals surface area contributed by atoms with Gasteiger partial charge in [-0.3, -0.25) is 0 Å². The quantitative estimate of drug-likeness (QED) is 0.761. The van der Waals surface area contributed by atoms with E-state index >= 15 is 0 Å². The molecule has 0 radical (unpaired) electrons. The average Bonchev–Trinajstić information content (AvgIpc) is 2.49. The monoisotopic (exact) mass is 204 g/mol. The topological polar surface area (TPSA) is 82.5 Å². The number of nitrogens with two attached hydrogens (primary N) is 1. The molecule has 0 aliphatic heterocycles. The molecule has 0 aromatic carbocycles. The summed E-state index contributed by atoms with van der Waals surface area (Å²) in [6.07, 6.45) is 1.57. The molecule has 0 amide bonds. The van der Waals surface area contributed by atoms with E-state index in [2.05, 4.69) is 20.1 Å². The minimum atomic E-state index is 0.263. The van der Waals surface area contributed by atoms with Gasteiger partial charge in [-0.05, 0) is 19.9 Å². The van der Waals surface area contributed by atoms with E-state index in [4.69, 9.17) is 5.73 Å². The Morgan fingerprint density at radius 1 is 1.27 bits per heavy atom. The number of hydrogen-bond acceptors (Lipinski definition) is 5. The Hall–Kier alpha value is -1.98. The highest BCUT2D eigenvalue weighted by Crippen LogP contribution is 2.01. The Morgan fingerprint density at radius 2 is 1.93 bits per heavy atom. The second-order valence-corrected chi connectivity index (χ2v) is 3.37. The minimum absolute atomic E-state index is 0.263. The fraction of sp³-hybridized carbons (Fsp3) is 0.333. The molecule has 0 bridgehead atoms. The first-order valence-corrected chi connectivity index (χ1v) is 4.59. The third-order valence-corrected chi connectivity index (χ3v) is 1.89. The van der Waals surface area contributed by atoms with Gasteiger partial charge in [-0.25, -0.2) is 19.6 Å². The second kappa shape index (κ2) is 3.64. The number of aromatic nitrogens is 5. The summed E-state index contributed by atoms with van der Waals surface area (Å²) in [6, 6.07) is 1.93. The fourth-order valence-corrected chi connectivity index (χ4v) is 1.40. The summed E-state index contributed by atoms with van der Waals surface area (Å²) in [5.74, 6) is 0.983. The molecule has 15 heavy (non-hydrogen) atoms. The molecule has 2 N–H and O–H groups in total. The number of aryl methyl sites for hydroxylation is 2. The maximum Gasteiger partial charge on any atom is 0.239 e. The van der Waals surface area contributed by atoms with Crippen LogP contribution in [0.5, 0.6) is 0 Å². The van der Waals surface area contributed by atoms with Crippen LogP contribution in [0.4, 0.5) is 5.95 Å². The first-order valence-electron chi connectivity index (χ1n) is 4.59. The van der Waals surface area contributed by atoms with Gasteiger partial charge in [0, 0.05) is 11.4 Å². The van der Waals surface area contributed by atoms with Crippen molar-refractivity contribution in [3.8, 4) is 0 Å². The van der Waals surface area contributed by atoms with Gasteiger partial charge < -0.3 is 5.73 Å². The van der Waals surface area contributed by atoms with Gasteiger partial charge in [0.2, 0.25) is 5.95 Å². The molecule has 0 aliphatic carbocycles. The van der Waals surface area contributed by atoms with E-state index in [-0.39, 0.29) is 5.95 Å². The van der Waals surface area contributed by atoms with Gasteiger partial charge in [-0.15, -0.1) is 5.10 Å². The molecule has 0 fully saturated rings. The normalized spacial score (nSPS) is 10.5. The Bertz CT molecular complexity index is 455. The fourth-order valence-electron chi connectivity index (χ4n) is 1.40. The van der Waals surface area contributed by atoms with Gasteiger partial charge in [-0.2, -0.15) is 0 Å². The molecule has 6 heteroatoms. The van der Waals surface area contributed by atoms with Crippen LogP contribution in [0.25, 0.3) is 0 Å². The van der Waals surface area contributed by atoms with Crippen LogP contribution in [0.3, 0.4) is 0 Å². The van der Waals surface area contributed by atoms with Crippen LogP contribution < -0.4 is 5.73 Å². The van der Waals surface area contributed by atoms with Gasteiger partial charge in [0.05, 0.1) is 0 Å². The predicted octanol–water partition coefficient (Wildman–Crippen LogP) is 0.315. The average molecular weight is 204 g/mol. The number of hydrogen-bond donors (Lipinski definition) is 1. The lowest BCUT2D eigenvalue weighted by Crippen LogP contribution is -2.07. The second-order valence-electron chi connectivity index (χ2n) is 3.37. The first-order chi connectivity index (χ1) is 7.13. The maximum absolute atomic E-state index is 5.41. The smallest absolute Gasteiger partial charge is 0.239 e. The van der Waals surface area contributed by atoms with Gasteiger partial charge in [0.1, 0.15) is 18.7 Å². The molecular weight excluding hydrogens is 192 g/mol.